The molecule has 0 fully saturated rings. The Balaban J connectivity index is 2.28. The summed E-state index contributed by atoms with van der Waals surface area (Å²) in [6.45, 7) is 3.74. The number of aryl methyl sites for hydroxylation is 2. The molecule has 0 aliphatic heterocycles. The maximum Gasteiger partial charge on any atom is 0.255 e. The van der Waals surface area contributed by atoms with Crippen molar-refractivity contribution in [2.24, 2.45) is 0 Å². The largest absolute Gasteiger partial charge is 0.322 e. The number of rotatable bonds is 2. The molecule has 0 saturated carbocycles. The summed E-state index contributed by atoms with van der Waals surface area (Å²) in [7, 11) is 0. The first kappa shape index (κ1) is 13.2. The molecule has 1 N–H and O–H groups in total. The lowest BCUT2D eigenvalue weighted by molar-refractivity contribution is 0.102. The molecule has 98 valence electrons. The molecule has 2 nitrogen and oxygen atoms in total. The van der Waals surface area contributed by atoms with Gasteiger partial charge in [-0.25, -0.2) is 8.78 Å². The van der Waals surface area contributed by atoms with Crippen molar-refractivity contribution in [3.8, 4) is 0 Å². The van der Waals surface area contributed by atoms with E-state index in [0.717, 1.165) is 23.3 Å². The fraction of sp³-hybridized carbons (Fsp3) is 0.133. The van der Waals surface area contributed by atoms with E-state index in [0.29, 0.717) is 5.69 Å². The molecule has 0 atom stereocenters. The number of halogens is 2. The second-order valence-corrected chi connectivity index (χ2v) is 4.35. The zero-order valence-electron chi connectivity index (χ0n) is 10.6. The average molecular weight is 261 g/mol. The minimum Gasteiger partial charge on any atom is -0.322 e. The summed E-state index contributed by atoms with van der Waals surface area (Å²) in [6, 6.07) is 8.70. The normalized spacial score (nSPS) is 10.3. The van der Waals surface area contributed by atoms with Gasteiger partial charge in [0, 0.05) is 11.3 Å². The summed E-state index contributed by atoms with van der Waals surface area (Å²) < 4.78 is 25.9. The number of para-hydroxylation sites is 1. The van der Waals surface area contributed by atoms with Crippen molar-refractivity contribution in [3.63, 3.8) is 0 Å². The van der Waals surface area contributed by atoms with Crippen molar-refractivity contribution in [3.05, 3.63) is 64.7 Å². The van der Waals surface area contributed by atoms with E-state index >= 15 is 0 Å². The average Bonchev–Trinajstić information content (AvgIpc) is 2.37. The Morgan fingerprint density at radius 1 is 1.00 bits per heavy atom. The topological polar surface area (TPSA) is 29.1 Å². The number of amides is 1. The van der Waals surface area contributed by atoms with Gasteiger partial charge in [-0.3, -0.25) is 4.79 Å². The third-order valence-electron chi connectivity index (χ3n) is 2.90. The Kier molecular flexibility index (Phi) is 3.60. The molecule has 4 heteroatoms. The van der Waals surface area contributed by atoms with Gasteiger partial charge in [0.25, 0.3) is 5.91 Å². The van der Waals surface area contributed by atoms with Gasteiger partial charge in [0.2, 0.25) is 0 Å². The van der Waals surface area contributed by atoms with Crippen LogP contribution in [0.1, 0.15) is 21.5 Å². The minimum absolute atomic E-state index is 0.0848. The zero-order chi connectivity index (χ0) is 14.0. The smallest absolute Gasteiger partial charge is 0.255 e. The first-order chi connectivity index (χ1) is 8.99. The van der Waals surface area contributed by atoms with Crippen LogP contribution in [-0.4, -0.2) is 5.91 Å². The zero-order valence-corrected chi connectivity index (χ0v) is 10.6. The van der Waals surface area contributed by atoms with E-state index in [-0.39, 0.29) is 5.56 Å². The lowest BCUT2D eigenvalue weighted by Gasteiger charge is -2.11. The second-order valence-electron chi connectivity index (χ2n) is 4.35. The maximum atomic E-state index is 13.1. The first-order valence-corrected chi connectivity index (χ1v) is 5.81. The fourth-order valence-electron chi connectivity index (χ4n) is 1.83. The van der Waals surface area contributed by atoms with Gasteiger partial charge in [0.15, 0.2) is 11.6 Å². The van der Waals surface area contributed by atoms with Crippen molar-refractivity contribution < 1.29 is 13.6 Å². The molecule has 0 heterocycles. The molecule has 0 bridgehead atoms. The SMILES string of the molecule is Cc1cccc(C)c1NC(=O)c1ccc(F)c(F)c1. The standard InChI is InChI=1S/C15H13F2NO/c1-9-4-3-5-10(2)14(9)18-15(19)11-6-7-12(16)13(17)8-11/h3-8H,1-2H3,(H,18,19). The number of anilines is 1. The molecule has 2 rings (SSSR count). The highest BCUT2D eigenvalue weighted by Crippen LogP contribution is 2.20. The van der Waals surface area contributed by atoms with Crippen LogP contribution >= 0.6 is 0 Å². The number of carbonyl (C=O) groups is 1. The van der Waals surface area contributed by atoms with Crippen molar-refractivity contribution in [2.75, 3.05) is 5.32 Å². The van der Waals surface area contributed by atoms with E-state index < -0.39 is 17.5 Å². The first-order valence-electron chi connectivity index (χ1n) is 5.81. The van der Waals surface area contributed by atoms with Crippen LogP contribution in [0.5, 0.6) is 0 Å². The van der Waals surface area contributed by atoms with Gasteiger partial charge in [0.1, 0.15) is 0 Å². The van der Waals surface area contributed by atoms with Crippen molar-refractivity contribution in [1.82, 2.24) is 0 Å². The number of hydrogen-bond donors (Lipinski definition) is 1. The molecule has 2 aromatic carbocycles. The van der Waals surface area contributed by atoms with E-state index in [9.17, 15) is 13.6 Å². The van der Waals surface area contributed by atoms with Gasteiger partial charge in [0.05, 0.1) is 0 Å². The Morgan fingerprint density at radius 3 is 2.21 bits per heavy atom. The summed E-state index contributed by atoms with van der Waals surface area (Å²) in [5, 5.41) is 2.71. The molecule has 2 aromatic rings. The van der Waals surface area contributed by atoms with Crippen LogP contribution in [0.25, 0.3) is 0 Å². The molecule has 0 unspecified atom stereocenters. The minimum atomic E-state index is -1.03. The van der Waals surface area contributed by atoms with Gasteiger partial charge in [-0.05, 0) is 43.2 Å². The molecule has 0 aromatic heterocycles. The number of hydrogen-bond acceptors (Lipinski definition) is 1. The summed E-state index contributed by atoms with van der Waals surface area (Å²) in [5.41, 5.74) is 2.60. The second kappa shape index (κ2) is 5.18. The van der Waals surface area contributed by atoms with E-state index in [2.05, 4.69) is 5.32 Å². The molecule has 0 saturated heterocycles. The predicted molar refractivity (Wildman–Crippen MR) is 70.2 cm³/mol. The van der Waals surface area contributed by atoms with E-state index in [1.807, 2.05) is 32.0 Å². The fourth-order valence-corrected chi connectivity index (χ4v) is 1.83. The van der Waals surface area contributed by atoms with Crippen LogP contribution in [0, 0.1) is 25.5 Å². The van der Waals surface area contributed by atoms with E-state index in [1.165, 1.54) is 6.07 Å². The van der Waals surface area contributed by atoms with Crippen LogP contribution in [0.4, 0.5) is 14.5 Å². The van der Waals surface area contributed by atoms with Crippen LogP contribution in [0.3, 0.4) is 0 Å². The van der Waals surface area contributed by atoms with Gasteiger partial charge in [-0.2, -0.15) is 0 Å². The Labute approximate surface area is 110 Å². The third-order valence-corrected chi connectivity index (χ3v) is 2.90. The Hall–Kier alpha value is -2.23. The molecule has 0 aliphatic rings. The molecular formula is C15H13F2NO. The summed E-state index contributed by atoms with van der Waals surface area (Å²) in [5.74, 6) is -2.46. The van der Waals surface area contributed by atoms with Crippen LogP contribution in [-0.2, 0) is 0 Å². The third kappa shape index (κ3) is 2.78. The summed E-state index contributed by atoms with van der Waals surface area (Å²) in [4.78, 5) is 12.0. The van der Waals surface area contributed by atoms with Gasteiger partial charge < -0.3 is 5.32 Å². The highest BCUT2D eigenvalue weighted by molar-refractivity contribution is 6.05. The molecule has 1 amide bonds. The molecule has 19 heavy (non-hydrogen) atoms. The Morgan fingerprint density at radius 2 is 1.63 bits per heavy atom. The van der Waals surface area contributed by atoms with Gasteiger partial charge >= 0.3 is 0 Å². The molecule has 0 aliphatic carbocycles. The van der Waals surface area contributed by atoms with Crippen LogP contribution in [0.15, 0.2) is 36.4 Å². The van der Waals surface area contributed by atoms with Gasteiger partial charge in [-0.15, -0.1) is 0 Å². The Bertz CT molecular complexity index is 618. The summed E-state index contributed by atoms with van der Waals surface area (Å²) >= 11 is 0. The highest BCUT2D eigenvalue weighted by Gasteiger charge is 2.12. The maximum absolute atomic E-state index is 13.1. The number of benzene rings is 2. The summed E-state index contributed by atoms with van der Waals surface area (Å²) in [6.07, 6.45) is 0. The van der Waals surface area contributed by atoms with Crippen molar-refractivity contribution in [1.29, 1.82) is 0 Å². The molecule has 0 radical (unpaired) electrons. The van der Waals surface area contributed by atoms with Crippen molar-refractivity contribution in [2.45, 2.75) is 13.8 Å². The van der Waals surface area contributed by atoms with E-state index in [4.69, 9.17) is 0 Å². The lowest BCUT2D eigenvalue weighted by Crippen LogP contribution is -2.14. The molecule has 0 spiro atoms. The molecular weight excluding hydrogens is 248 g/mol. The lowest BCUT2D eigenvalue weighted by atomic mass is 10.1. The quantitative estimate of drug-likeness (QED) is 0.874. The van der Waals surface area contributed by atoms with Crippen LogP contribution in [0.2, 0.25) is 0 Å². The van der Waals surface area contributed by atoms with Crippen molar-refractivity contribution >= 4 is 11.6 Å². The number of carbonyl (C=O) groups excluding carboxylic acids is 1. The monoisotopic (exact) mass is 261 g/mol. The number of nitrogens with one attached hydrogen (secondary N) is 1. The van der Waals surface area contributed by atoms with E-state index in [1.54, 1.807) is 0 Å². The highest BCUT2D eigenvalue weighted by atomic mass is 19.2. The predicted octanol–water partition coefficient (Wildman–Crippen LogP) is 3.83. The van der Waals surface area contributed by atoms with Gasteiger partial charge in [-0.1, -0.05) is 18.2 Å². The van der Waals surface area contributed by atoms with Crippen LogP contribution < -0.4 is 5.32 Å².